The Balaban J connectivity index is 2.70. The zero-order valence-corrected chi connectivity index (χ0v) is 12.1. The highest BCUT2D eigenvalue weighted by molar-refractivity contribution is 5.78. The summed E-state index contributed by atoms with van der Waals surface area (Å²) in [6, 6.07) is -0.535. The first kappa shape index (κ1) is 17.7. The quantitative estimate of drug-likeness (QED) is 0.807. The predicted octanol–water partition coefficient (Wildman–Crippen LogP) is 1.49. The number of carboxylic acids is 1. The summed E-state index contributed by atoms with van der Waals surface area (Å²) in [6.45, 7) is 2.75. The number of alkyl halides is 3. The highest BCUT2D eigenvalue weighted by Gasteiger charge is 2.34. The number of amides is 1. The number of carbonyl (C=O) groups excluding carboxylic acids is 1. The van der Waals surface area contributed by atoms with Gasteiger partial charge in [0.05, 0.1) is 6.54 Å². The molecule has 5 nitrogen and oxygen atoms in total. The number of rotatable bonds is 5. The van der Waals surface area contributed by atoms with Gasteiger partial charge in [0.25, 0.3) is 0 Å². The van der Waals surface area contributed by atoms with Crippen molar-refractivity contribution in [1.82, 2.24) is 10.2 Å². The minimum Gasteiger partial charge on any atom is -0.481 e. The van der Waals surface area contributed by atoms with Gasteiger partial charge in [0.2, 0.25) is 5.91 Å². The molecular weight excluding hydrogens is 289 g/mol. The molecule has 0 bridgehead atoms. The topological polar surface area (TPSA) is 69.6 Å². The van der Waals surface area contributed by atoms with E-state index in [2.05, 4.69) is 5.32 Å². The van der Waals surface area contributed by atoms with Gasteiger partial charge in [-0.25, -0.2) is 0 Å². The molecule has 1 fully saturated rings. The third-order valence-electron chi connectivity index (χ3n) is 3.40. The fraction of sp³-hybridized carbons (Fsp3) is 0.846. The van der Waals surface area contributed by atoms with E-state index in [0.717, 1.165) is 0 Å². The molecule has 1 amide bonds. The Kier molecular flexibility index (Phi) is 6.00. The summed E-state index contributed by atoms with van der Waals surface area (Å²) < 4.78 is 36.8. The van der Waals surface area contributed by atoms with Crippen LogP contribution in [0.25, 0.3) is 0 Å². The molecule has 8 heteroatoms. The summed E-state index contributed by atoms with van der Waals surface area (Å²) in [6.07, 6.45) is -4.15. The van der Waals surface area contributed by atoms with Gasteiger partial charge >= 0.3 is 12.1 Å². The van der Waals surface area contributed by atoms with Crippen LogP contribution in [-0.2, 0) is 9.59 Å². The van der Waals surface area contributed by atoms with Crippen molar-refractivity contribution in [2.75, 3.05) is 19.6 Å². The number of aliphatic carboxylic acids is 1. The lowest BCUT2D eigenvalue weighted by molar-refractivity contribution is -0.143. The molecule has 0 radical (unpaired) electrons. The molecule has 0 aromatic rings. The van der Waals surface area contributed by atoms with Crippen molar-refractivity contribution >= 4 is 11.9 Å². The number of hydrogen-bond acceptors (Lipinski definition) is 3. The number of nitrogens with zero attached hydrogens (tertiary/aromatic N) is 1. The maximum Gasteiger partial charge on any atom is 0.401 e. The van der Waals surface area contributed by atoms with Crippen molar-refractivity contribution in [1.29, 1.82) is 0 Å². The Morgan fingerprint density at radius 2 is 1.95 bits per heavy atom. The van der Waals surface area contributed by atoms with E-state index in [1.165, 1.54) is 4.90 Å². The fourth-order valence-corrected chi connectivity index (χ4v) is 2.55. The van der Waals surface area contributed by atoms with Crippen LogP contribution in [0.5, 0.6) is 0 Å². The standard InChI is InChI=1S/C13H21F3N2O3/c1-8(2)12(21)18-5-9(4-11(19)20)3-10(6-18)17-7-13(14,15)16/h8-10,17H,3-7H2,1-2H3,(H,19,20). The lowest BCUT2D eigenvalue weighted by Crippen LogP contribution is -2.53. The van der Waals surface area contributed by atoms with Crippen LogP contribution in [0.1, 0.15) is 26.7 Å². The number of hydrogen-bond donors (Lipinski definition) is 2. The molecule has 0 aromatic heterocycles. The average Bonchev–Trinajstić information content (AvgIpc) is 2.33. The van der Waals surface area contributed by atoms with Gasteiger partial charge in [-0.05, 0) is 12.3 Å². The molecule has 2 unspecified atom stereocenters. The largest absolute Gasteiger partial charge is 0.481 e. The molecule has 2 N–H and O–H groups in total. The van der Waals surface area contributed by atoms with E-state index in [-0.39, 0.29) is 37.3 Å². The van der Waals surface area contributed by atoms with Gasteiger partial charge in [-0.3, -0.25) is 9.59 Å². The fourth-order valence-electron chi connectivity index (χ4n) is 2.55. The van der Waals surface area contributed by atoms with Crippen molar-refractivity contribution < 1.29 is 27.9 Å². The van der Waals surface area contributed by atoms with Gasteiger partial charge in [0, 0.05) is 31.5 Å². The Bertz CT molecular complexity index is 385. The minimum atomic E-state index is -4.33. The Hall–Kier alpha value is -1.31. The number of likely N-dealkylation sites (tertiary alicyclic amines) is 1. The molecule has 1 aliphatic heterocycles. The summed E-state index contributed by atoms with van der Waals surface area (Å²) in [7, 11) is 0. The average molecular weight is 310 g/mol. The van der Waals surface area contributed by atoms with Crippen LogP contribution >= 0.6 is 0 Å². The molecule has 21 heavy (non-hydrogen) atoms. The second kappa shape index (κ2) is 7.11. The van der Waals surface area contributed by atoms with E-state index in [1.54, 1.807) is 13.8 Å². The number of piperidine rings is 1. The van der Waals surface area contributed by atoms with Crippen molar-refractivity contribution in [3.05, 3.63) is 0 Å². The van der Waals surface area contributed by atoms with Crippen LogP contribution in [0.2, 0.25) is 0 Å². The molecule has 1 rings (SSSR count). The lowest BCUT2D eigenvalue weighted by Gasteiger charge is -2.38. The van der Waals surface area contributed by atoms with Gasteiger partial charge in [0.1, 0.15) is 0 Å². The Labute approximate surface area is 121 Å². The summed E-state index contributed by atoms with van der Waals surface area (Å²) in [4.78, 5) is 24.3. The van der Waals surface area contributed by atoms with Crippen LogP contribution in [0, 0.1) is 11.8 Å². The summed E-state index contributed by atoms with van der Waals surface area (Å²) in [5.41, 5.74) is 0. The summed E-state index contributed by atoms with van der Waals surface area (Å²) in [5, 5.41) is 11.2. The first-order valence-electron chi connectivity index (χ1n) is 6.89. The zero-order valence-electron chi connectivity index (χ0n) is 12.1. The third kappa shape index (κ3) is 6.33. The molecule has 1 aliphatic rings. The Morgan fingerprint density at radius 3 is 2.43 bits per heavy atom. The molecule has 1 saturated heterocycles. The molecule has 0 aliphatic carbocycles. The van der Waals surface area contributed by atoms with E-state index in [0.29, 0.717) is 6.42 Å². The van der Waals surface area contributed by atoms with Gasteiger partial charge in [-0.2, -0.15) is 13.2 Å². The van der Waals surface area contributed by atoms with E-state index < -0.39 is 24.7 Å². The number of carbonyl (C=O) groups is 2. The molecule has 1 heterocycles. The van der Waals surface area contributed by atoms with Gasteiger partial charge in [0.15, 0.2) is 0 Å². The van der Waals surface area contributed by atoms with Crippen LogP contribution in [0.4, 0.5) is 13.2 Å². The monoisotopic (exact) mass is 310 g/mol. The third-order valence-corrected chi connectivity index (χ3v) is 3.40. The first-order chi connectivity index (χ1) is 9.58. The van der Waals surface area contributed by atoms with Gasteiger partial charge in [-0.1, -0.05) is 13.8 Å². The minimum absolute atomic E-state index is 0.147. The zero-order chi connectivity index (χ0) is 16.2. The second-order valence-corrected chi connectivity index (χ2v) is 5.79. The van der Waals surface area contributed by atoms with Gasteiger partial charge in [-0.15, -0.1) is 0 Å². The molecule has 0 aromatic carbocycles. The van der Waals surface area contributed by atoms with E-state index >= 15 is 0 Å². The highest BCUT2D eigenvalue weighted by atomic mass is 19.4. The van der Waals surface area contributed by atoms with Crippen molar-refractivity contribution in [3.8, 4) is 0 Å². The summed E-state index contributed by atoms with van der Waals surface area (Å²) >= 11 is 0. The van der Waals surface area contributed by atoms with Crippen LogP contribution in [-0.4, -0.2) is 53.7 Å². The molecule has 0 saturated carbocycles. The van der Waals surface area contributed by atoms with E-state index in [9.17, 15) is 22.8 Å². The molecule has 122 valence electrons. The predicted molar refractivity (Wildman–Crippen MR) is 69.6 cm³/mol. The van der Waals surface area contributed by atoms with Crippen molar-refractivity contribution in [2.45, 2.75) is 38.9 Å². The van der Waals surface area contributed by atoms with Crippen LogP contribution < -0.4 is 5.32 Å². The SMILES string of the molecule is CC(C)C(=O)N1CC(CC(=O)O)CC(NCC(F)(F)F)C1. The molecule has 0 spiro atoms. The van der Waals surface area contributed by atoms with Crippen molar-refractivity contribution in [3.63, 3.8) is 0 Å². The smallest absolute Gasteiger partial charge is 0.401 e. The van der Waals surface area contributed by atoms with E-state index in [1.807, 2.05) is 0 Å². The van der Waals surface area contributed by atoms with Crippen LogP contribution in [0.3, 0.4) is 0 Å². The second-order valence-electron chi connectivity index (χ2n) is 5.79. The maximum atomic E-state index is 12.3. The normalized spacial score (nSPS) is 23.4. The molecular formula is C13H21F3N2O3. The number of carboxylic acid groups (broad SMARTS) is 1. The van der Waals surface area contributed by atoms with Crippen molar-refractivity contribution in [2.24, 2.45) is 11.8 Å². The maximum absolute atomic E-state index is 12.3. The first-order valence-corrected chi connectivity index (χ1v) is 6.89. The number of halogens is 3. The van der Waals surface area contributed by atoms with Gasteiger partial charge < -0.3 is 15.3 Å². The lowest BCUT2D eigenvalue weighted by atomic mass is 9.90. The summed E-state index contributed by atoms with van der Waals surface area (Å²) in [5.74, 6) is -1.76. The number of nitrogens with one attached hydrogen (secondary N) is 1. The highest BCUT2D eigenvalue weighted by Crippen LogP contribution is 2.23. The van der Waals surface area contributed by atoms with E-state index in [4.69, 9.17) is 5.11 Å². The molecule has 2 atom stereocenters. The van der Waals surface area contributed by atoms with Crippen LogP contribution in [0.15, 0.2) is 0 Å². The Morgan fingerprint density at radius 1 is 1.33 bits per heavy atom.